The van der Waals surface area contributed by atoms with E-state index in [1.165, 1.54) is 0 Å². The third-order valence-electron chi connectivity index (χ3n) is 4.22. The highest BCUT2D eigenvalue weighted by Crippen LogP contribution is 2.38. The Morgan fingerprint density at radius 1 is 1.28 bits per heavy atom. The number of nitrogens with two attached hydrogens (primary N) is 1. The van der Waals surface area contributed by atoms with Crippen molar-refractivity contribution in [3.63, 3.8) is 0 Å². The van der Waals surface area contributed by atoms with Crippen LogP contribution in [0.3, 0.4) is 0 Å². The lowest BCUT2D eigenvalue weighted by atomic mass is 9.83. The summed E-state index contributed by atoms with van der Waals surface area (Å²) in [7, 11) is 0. The Bertz CT molecular complexity index is 344. The lowest BCUT2D eigenvalue weighted by Crippen LogP contribution is -2.59. The molecule has 2 aliphatic rings. The molecule has 2 fully saturated rings. The van der Waals surface area contributed by atoms with Crippen LogP contribution in [0, 0.1) is 5.41 Å². The molecule has 0 aromatic rings. The first-order chi connectivity index (χ1) is 8.55. The topological polar surface area (TPSA) is 102 Å². The van der Waals surface area contributed by atoms with Crippen LogP contribution in [0.25, 0.3) is 0 Å². The number of amides is 1. The van der Waals surface area contributed by atoms with Gasteiger partial charge in [-0.05, 0) is 12.8 Å². The first-order valence-corrected chi connectivity index (χ1v) is 6.39. The van der Waals surface area contributed by atoms with Crippen LogP contribution in [0.2, 0.25) is 0 Å². The molecule has 102 valence electrons. The number of carbonyl (C=O) groups is 2. The predicted octanol–water partition coefficient (Wildman–Crippen LogP) is -0.135. The molecule has 0 spiro atoms. The molecule has 1 saturated carbocycles. The van der Waals surface area contributed by atoms with E-state index in [0.717, 1.165) is 25.7 Å². The van der Waals surface area contributed by atoms with E-state index in [4.69, 9.17) is 10.5 Å². The van der Waals surface area contributed by atoms with Gasteiger partial charge in [-0.25, -0.2) is 4.79 Å². The standard InChI is InChI=1S/C12H20N2O4/c13-7-11(3-1-2-4-11)9(15)14-12(10(16)17)5-6-18-8-12/h1-8,13H2,(H,14,15)(H,16,17). The predicted molar refractivity (Wildman–Crippen MR) is 63.9 cm³/mol. The molecule has 0 bridgehead atoms. The fourth-order valence-corrected chi connectivity index (χ4v) is 2.81. The maximum atomic E-state index is 12.4. The van der Waals surface area contributed by atoms with E-state index in [9.17, 15) is 14.7 Å². The molecule has 1 aliphatic carbocycles. The van der Waals surface area contributed by atoms with Crippen LogP contribution >= 0.6 is 0 Å². The van der Waals surface area contributed by atoms with Crippen LogP contribution in [0.4, 0.5) is 0 Å². The highest BCUT2D eigenvalue weighted by molar-refractivity contribution is 5.90. The molecule has 1 heterocycles. The van der Waals surface area contributed by atoms with Gasteiger partial charge in [-0.3, -0.25) is 4.79 Å². The fraction of sp³-hybridized carbons (Fsp3) is 0.833. The van der Waals surface area contributed by atoms with Gasteiger partial charge in [0.15, 0.2) is 5.54 Å². The molecule has 1 aliphatic heterocycles. The molecule has 1 saturated heterocycles. The van der Waals surface area contributed by atoms with Crippen LogP contribution in [-0.4, -0.2) is 42.3 Å². The van der Waals surface area contributed by atoms with E-state index in [2.05, 4.69) is 5.32 Å². The quantitative estimate of drug-likeness (QED) is 0.650. The first kappa shape index (κ1) is 13.3. The summed E-state index contributed by atoms with van der Waals surface area (Å²) >= 11 is 0. The van der Waals surface area contributed by atoms with Crippen molar-refractivity contribution in [2.45, 2.75) is 37.6 Å². The van der Waals surface area contributed by atoms with Gasteiger partial charge >= 0.3 is 5.97 Å². The minimum Gasteiger partial charge on any atom is -0.479 e. The van der Waals surface area contributed by atoms with Gasteiger partial charge in [0.1, 0.15) is 0 Å². The summed E-state index contributed by atoms with van der Waals surface area (Å²) in [6.45, 7) is 0.673. The number of ether oxygens (including phenoxy) is 1. The Morgan fingerprint density at radius 2 is 1.94 bits per heavy atom. The van der Waals surface area contributed by atoms with Crippen molar-refractivity contribution >= 4 is 11.9 Å². The fourth-order valence-electron chi connectivity index (χ4n) is 2.81. The Morgan fingerprint density at radius 3 is 2.39 bits per heavy atom. The van der Waals surface area contributed by atoms with Gasteiger partial charge < -0.3 is 20.9 Å². The molecule has 4 N–H and O–H groups in total. The first-order valence-electron chi connectivity index (χ1n) is 6.39. The molecule has 0 aromatic heterocycles. The number of nitrogens with one attached hydrogen (secondary N) is 1. The SMILES string of the molecule is NCC1(C(=O)NC2(C(=O)O)CCOC2)CCCC1. The number of carbonyl (C=O) groups excluding carboxylic acids is 1. The van der Waals surface area contributed by atoms with E-state index in [1.807, 2.05) is 0 Å². The van der Waals surface area contributed by atoms with Crippen molar-refractivity contribution in [3.8, 4) is 0 Å². The average Bonchev–Trinajstić information content (AvgIpc) is 2.98. The molecular weight excluding hydrogens is 236 g/mol. The smallest absolute Gasteiger partial charge is 0.331 e. The maximum absolute atomic E-state index is 12.4. The van der Waals surface area contributed by atoms with Gasteiger partial charge in [0, 0.05) is 19.6 Å². The molecule has 18 heavy (non-hydrogen) atoms. The van der Waals surface area contributed by atoms with Gasteiger partial charge in [-0.2, -0.15) is 0 Å². The monoisotopic (exact) mass is 256 g/mol. The largest absolute Gasteiger partial charge is 0.479 e. The van der Waals surface area contributed by atoms with Crippen molar-refractivity contribution in [1.29, 1.82) is 0 Å². The highest BCUT2D eigenvalue weighted by Gasteiger charge is 2.48. The van der Waals surface area contributed by atoms with E-state index in [0.29, 0.717) is 13.0 Å². The minimum absolute atomic E-state index is 0.0364. The number of rotatable bonds is 4. The Kier molecular flexibility index (Phi) is 3.59. The maximum Gasteiger partial charge on any atom is 0.331 e. The van der Waals surface area contributed by atoms with Gasteiger partial charge in [-0.15, -0.1) is 0 Å². The van der Waals surface area contributed by atoms with Crippen molar-refractivity contribution < 1.29 is 19.4 Å². The second-order valence-corrected chi connectivity index (χ2v) is 5.34. The van der Waals surface area contributed by atoms with Gasteiger partial charge in [0.25, 0.3) is 0 Å². The Labute approximate surface area is 106 Å². The normalized spacial score (nSPS) is 30.3. The van der Waals surface area contributed by atoms with Crippen molar-refractivity contribution in [2.24, 2.45) is 11.1 Å². The van der Waals surface area contributed by atoms with E-state index in [1.54, 1.807) is 0 Å². The summed E-state index contributed by atoms with van der Waals surface area (Å²) in [5.41, 5.74) is 3.88. The van der Waals surface area contributed by atoms with Crippen LogP contribution in [0.1, 0.15) is 32.1 Å². The zero-order valence-corrected chi connectivity index (χ0v) is 10.4. The summed E-state index contributed by atoms with van der Waals surface area (Å²) in [5.74, 6) is -1.26. The second-order valence-electron chi connectivity index (χ2n) is 5.34. The molecule has 0 radical (unpaired) electrons. The number of hydrogen-bond donors (Lipinski definition) is 3. The molecule has 6 heteroatoms. The summed E-state index contributed by atoms with van der Waals surface area (Å²) in [6, 6.07) is 0. The van der Waals surface area contributed by atoms with Gasteiger partial charge in [0.2, 0.25) is 5.91 Å². The third kappa shape index (κ3) is 2.10. The zero-order chi connectivity index (χ0) is 13.2. The third-order valence-corrected chi connectivity index (χ3v) is 4.22. The van der Waals surface area contributed by atoms with E-state index in [-0.39, 0.29) is 19.1 Å². The number of aliphatic carboxylic acids is 1. The highest BCUT2D eigenvalue weighted by atomic mass is 16.5. The van der Waals surface area contributed by atoms with Crippen LogP contribution in [0.5, 0.6) is 0 Å². The summed E-state index contributed by atoms with van der Waals surface area (Å²) in [5, 5.41) is 12.0. The van der Waals surface area contributed by atoms with Crippen LogP contribution in [0.15, 0.2) is 0 Å². The summed E-state index contributed by atoms with van der Waals surface area (Å²) < 4.78 is 5.13. The molecule has 6 nitrogen and oxygen atoms in total. The molecule has 1 unspecified atom stereocenters. The van der Waals surface area contributed by atoms with Crippen LogP contribution in [-0.2, 0) is 14.3 Å². The lowest BCUT2D eigenvalue weighted by molar-refractivity contribution is -0.149. The number of hydrogen-bond acceptors (Lipinski definition) is 4. The Hall–Kier alpha value is -1.14. The van der Waals surface area contributed by atoms with Crippen molar-refractivity contribution in [2.75, 3.05) is 19.8 Å². The second kappa shape index (κ2) is 4.85. The number of carboxylic acid groups (broad SMARTS) is 1. The summed E-state index contributed by atoms with van der Waals surface area (Å²) in [4.78, 5) is 23.7. The zero-order valence-electron chi connectivity index (χ0n) is 10.4. The number of carboxylic acids is 1. The Balaban J connectivity index is 2.12. The molecular formula is C12H20N2O4. The van der Waals surface area contributed by atoms with E-state index < -0.39 is 16.9 Å². The molecule has 0 aromatic carbocycles. The molecule has 2 rings (SSSR count). The van der Waals surface area contributed by atoms with Gasteiger partial charge in [-0.1, -0.05) is 12.8 Å². The molecule has 1 atom stereocenters. The van der Waals surface area contributed by atoms with Crippen LogP contribution < -0.4 is 11.1 Å². The minimum atomic E-state index is -1.26. The summed E-state index contributed by atoms with van der Waals surface area (Å²) in [6.07, 6.45) is 3.74. The van der Waals surface area contributed by atoms with E-state index >= 15 is 0 Å². The molecule has 1 amide bonds. The average molecular weight is 256 g/mol. The lowest BCUT2D eigenvalue weighted by Gasteiger charge is -2.31. The van der Waals surface area contributed by atoms with Crippen molar-refractivity contribution in [1.82, 2.24) is 5.32 Å². The van der Waals surface area contributed by atoms with Gasteiger partial charge in [0.05, 0.1) is 12.0 Å². The van der Waals surface area contributed by atoms with Crippen molar-refractivity contribution in [3.05, 3.63) is 0 Å².